The van der Waals surface area contributed by atoms with Crippen molar-refractivity contribution in [1.82, 2.24) is 5.06 Å². The Morgan fingerprint density at radius 1 is 1.46 bits per heavy atom. The Balaban J connectivity index is 4.49. The van der Waals surface area contributed by atoms with Crippen molar-refractivity contribution in [3.8, 4) is 0 Å². The van der Waals surface area contributed by atoms with Crippen LogP contribution in [-0.2, 0) is 9.63 Å². The van der Waals surface area contributed by atoms with E-state index in [0.29, 0.717) is 11.1 Å². The summed E-state index contributed by atoms with van der Waals surface area (Å²) in [5, 5.41) is 0.704. The molecule has 0 aliphatic rings. The van der Waals surface area contributed by atoms with E-state index in [9.17, 15) is 18.0 Å². The monoisotopic (exact) mass is 197 g/mol. The van der Waals surface area contributed by atoms with Crippen LogP contribution < -0.4 is 0 Å². The Hall–Kier alpha value is -1.04. The van der Waals surface area contributed by atoms with Gasteiger partial charge in [0.05, 0.1) is 7.11 Å². The molecule has 0 spiro atoms. The summed E-state index contributed by atoms with van der Waals surface area (Å²) < 4.78 is 35.7. The SMILES string of the molecule is CON(C)C(=O)C=C(C)C(F)(F)F. The number of rotatable bonds is 2. The van der Waals surface area contributed by atoms with Gasteiger partial charge in [-0.25, -0.2) is 5.06 Å². The zero-order valence-electron chi connectivity index (χ0n) is 7.47. The first-order valence-electron chi connectivity index (χ1n) is 3.36. The van der Waals surface area contributed by atoms with Gasteiger partial charge < -0.3 is 0 Å². The molecular formula is C7H10F3NO2. The van der Waals surface area contributed by atoms with Crippen LogP contribution in [0, 0.1) is 0 Å². The van der Waals surface area contributed by atoms with Crippen LogP contribution in [-0.4, -0.2) is 31.3 Å². The smallest absolute Gasteiger partial charge is 0.274 e. The molecule has 76 valence electrons. The molecule has 0 radical (unpaired) electrons. The van der Waals surface area contributed by atoms with E-state index in [2.05, 4.69) is 4.84 Å². The van der Waals surface area contributed by atoms with Crippen molar-refractivity contribution < 1.29 is 22.8 Å². The van der Waals surface area contributed by atoms with E-state index < -0.39 is 17.7 Å². The molecule has 0 fully saturated rings. The maximum atomic E-state index is 11.9. The Morgan fingerprint density at radius 2 is 1.92 bits per heavy atom. The van der Waals surface area contributed by atoms with Crippen LogP contribution in [0.2, 0.25) is 0 Å². The van der Waals surface area contributed by atoms with Gasteiger partial charge >= 0.3 is 6.18 Å². The fourth-order valence-corrected chi connectivity index (χ4v) is 0.448. The lowest BCUT2D eigenvalue weighted by Crippen LogP contribution is -2.24. The van der Waals surface area contributed by atoms with Crippen molar-refractivity contribution in [3.63, 3.8) is 0 Å². The molecule has 0 saturated heterocycles. The number of halogens is 3. The van der Waals surface area contributed by atoms with Crippen LogP contribution in [0.1, 0.15) is 6.92 Å². The molecule has 0 unspecified atom stereocenters. The molecule has 1 amide bonds. The maximum Gasteiger partial charge on any atom is 0.412 e. The molecule has 0 aromatic rings. The number of likely N-dealkylation sites (N-methyl/N-ethyl adjacent to an activating group) is 1. The first-order valence-corrected chi connectivity index (χ1v) is 3.36. The largest absolute Gasteiger partial charge is 0.412 e. The third kappa shape index (κ3) is 3.93. The van der Waals surface area contributed by atoms with Gasteiger partial charge in [-0.3, -0.25) is 9.63 Å². The number of nitrogens with zero attached hydrogens (tertiary/aromatic N) is 1. The second-order valence-electron chi connectivity index (χ2n) is 2.34. The third-order valence-electron chi connectivity index (χ3n) is 1.37. The number of hydrogen-bond acceptors (Lipinski definition) is 2. The van der Waals surface area contributed by atoms with E-state index in [0.717, 1.165) is 6.92 Å². The highest BCUT2D eigenvalue weighted by molar-refractivity contribution is 5.87. The molecule has 0 N–H and O–H groups in total. The minimum atomic E-state index is -4.47. The number of amides is 1. The minimum absolute atomic E-state index is 0.476. The summed E-state index contributed by atoms with van der Waals surface area (Å²) in [4.78, 5) is 15.3. The third-order valence-corrected chi connectivity index (χ3v) is 1.37. The summed E-state index contributed by atoms with van der Waals surface area (Å²) in [6.07, 6.45) is -3.99. The average molecular weight is 197 g/mol. The number of carbonyl (C=O) groups excluding carboxylic acids is 1. The molecule has 0 bridgehead atoms. The van der Waals surface area contributed by atoms with Gasteiger partial charge in [-0.05, 0) is 6.92 Å². The second kappa shape index (κ2) is 4.27. The van der Waals surface area contributed by atoms with Crippen molar-refractivity contribution in [3.05, 3.63) is 11.6 Å². The van der Waals surface area contributed by atoms with Gasteiger partial charge in [-0.1, -0.05) is 0 Å². The predicted molar refractivity (Wildman–Crippen MR) is 39.6 cm³/mol. The molecule has 0 aromatic carbocycles. The average Bonchev–Trinajstić information content (AvgIpc) is 2.01. The maximum absolute atomic E-state index is 11.9. The zero-order valence-corrected chi connectivity index (χ0v) is 7.47. The highest BCUT2D eigenvalue weighted by Gasteiger charge is 2.30. The van der Waals surface area contributed by atoms with Crippen LogP contribution >= 0.6 is 0 Å². The van der Waals surface area contributed by atoms with Gasteiger partial charge in [0.15, 0.2) is 0 Å². The van der Waals surface area contributed by atoms with Gasteiger partial charge in [0.1, 0.15) is 0 Å². The fourth-order valence-electron chi connectivity index (χ4n) is 0.448. The van der Waals surface area contributed by atoms with Gasteiger partial charge in [0, 0.05) is 18.7 Å². The van der Waals surface area contributed by atoms with E-state index in [1.54, 1.807) is 0 Å². The molecule has 0 aliphatic carbocycles. The molecule has 13 heavy (non-hydrogen) atoms. The van der Waals surface area contributed by atoms with E-state index in [-0.39, 0.29) is 0 Å². The van der Waals surface area contributed by atoms with Crippen molar-refractivity contribution >= 4 is 5.91 Å². The molecule has 0 aromatic heterocycles. The van der Waals surface area contributed by atoms with Crippen molar-refractivity contribution in [2.45, 2.75) is 13.1 Å². The molecule has 6 heteroatoms. The Morgan fingerprint density at radius 3 is 2.23 bits per heavy atom. The molecule has 3 nitrogen and oxygen atoms in total. The second-order valence-corrected chi connectivity index (χ2v) is 2.34. The Kier molecular flexibility index (Phi) is 3.93. The number of alkyl halides is 3. The van der Waals surface area contributed by atoms with Crippen molar-refractivity contribution in [2.75, 3.05) is 14.2 Å². The fraction of sp³-hybridized carbons (Fsp3) is 0.571. The summed E-state index contributed by atoms with van der Waals surface area (Å²) in [6.45, 7) is 0.821. The Bertz CT molecular complexity index is 222. The molecular weight excluding hydrogens is 187 g/mol. The first-order chi connectivity index (χ1) is 5.79. The van der Waals surface area contributed by atoms with Crippen LogP contribution in [0.25, 0.3) is 0 Å². The summed E-state index contributed by atoms with van der Waals surface area (Å²) >= 11 is 0. The Labute approximate surface area is 73.7 Å². The molecule has 0 saturated carbocycles. The normalized spacial score (nSPS) is 12.9. The van der Waals surface area contributed by atoms with Crippen LogP contribution in [0.3, 0.4) is 0 Å². The lowest BCUT2D eigenvalue weighted by molar-refractivity contribution is -0.163. The van der Waals surface area contributed by atoms with Crippen LogP contribution in [0.5, 0.6) is 0 Å². The topological polar surface area (TPSA) is 29.5 Å². The number of hydrogen-bond donors (Lipinski definition) is 0. The van der Waals surface area contributed by atoms with Gasteiger partial charge in [0.2, 0.25) is 0 Å². The molecule has 0 aliphatic heterocycles. The first kappa shape index (κ1) is 12.0. The quantitative estimate of drug-likeness (QED) is 0.496. The van der Waals surface area contributed by atoms with Crippen LogP contribution in [0.4, 0.5) is 13.2 Å². The van der Waals surface area contributed by atoms with Gasteiger partial charge in [-0.15, -0.1) is 0 Å². The predicted octanol–water partition coefficient (Wildman–Crippen LogP) is 1.51. The summed E-state index contributed by atoms with van der Waals surface area (Å²) in [5.74, 6) is -0.850. The highest BCUT2D eigenvalue weighted by Crippen LogP contribution is 2.24. The zero-order chi connectivity index (χ0) is 10.6. The lowest BCUT2D eigenvalue weighted by atomic mass is 10.2. The number of hydroxylamine groups is 2. The van der Waals surface area contributed by atoms with Gasteiger partial charge in [-0.2, -0.15) is 13.2 Å². The van der Waals surface area contributed by atoms with Gasteiger partial charge in [0.25, 0.3) is 5.91 Å². The number of allylic oxidation sites excluding steroid dienone is 1. The summed E-state index contributed by atoms with van der Waals surface area (Å²) in [5.41, 5.74) is -0.957. The lowest BCUT2D eigenvalue weighted by Gasteiger charge is -2.12. The van der Waals surface area contributed by atoms with Crippen molar-refractivity contribution in [1.29, 1.82) is 0 Å². The standard InChI is InChI=1S/C7H10F3NO2/c1-5(7(8,9)10)4-6(12)11(2)13-3/h4H,1-3H3. The van der Waals surface area contributed by atoms with E-state index in [1.807, 2.05) is 0 Å². The van der Waals surface area contributed by atoms with Crippen LogP contribution in [0.15, 0.2) is 11.6 Å². The van der Waals surface area contributed by atoms with E-state index in [1.165, 1.54) is 14.2 Å². The summed E-state index contributed by atoms with van der Waals surface area (Å²) in [6, 6.07) is 0. The molecule has 0 atom stereocenters. The molecule has 0 heterocycles. The van der Waals surface area contributed by atoms with Crippen molar-refractivity contribution in [2.24, 2.45) is 0 Å². The highest BCUT2D eigenvalue weighted by atomic mass is 19.4. The molecule has 0 rings (SSSR count). The van der Waals surface area contributed by atoms with E-state index in [4.69, 9.17) is 0 Å². The number of carbonyl (C=O) groups is 1. The minimum Gasteiger partial charge on any atom is -0.274 e. The summed E-state index contributed by atoms with van der Waals surface area (Å²) in [7, 11) is 2.41. The van der Waals surface area contributed by atoms with E-state index >= 15 is 0 Å².